The van der Waals surface area contributed by atoms with Crippen molar-refractivity contribution in [2.75, 3.05) is 13.7 Å². The van der Waals surface area contributed by atoms with Crippen LogP contribution in [-0.4, -0.2) is 29.2 Å². The third-order valence-corrected chi connectivity index (χ3v) is 5.65. The van der Waals surface area contributed by atoms with Crippen molar-refractivity contribution in [3.63, 3.8) is 0 Å². The molecule has 7 nitrogen and oxygen atoms in total. The first-order valence-electron chi connectivity index (χ1n) is 10.8. The summed E-state index contributed by atoms with van der Waals surface area (Å²) in [7, 11) is 1.35. The predicted molar refractivity (Wildman–Crippen MR) is 128 cm³/mol. The molecule has 1 aromatic heterocycles. The highest BCUT2D eigenvalue weighted by atomic mass is 16.5. The topological polar surface area (TPSA) is 86.4 Å². The van der Waals surface area contributed by atoms with Gasteiger partial charge in [0.15, 0.2) is 0 Å². The molecule has 7 heteroatoms. The SMILES string of the molecule is CCOc1nc2cccc(C(=O)OC)c2n1Cc1ccc2c(c1)Oc1ccccc1C=C2C#N. The van der Waals surface area contributed by atoms with E-state index in [1.54, 1.807) is 12.1 Å². The molecule has 1 aliphatic heterocycles. The summed E-state index contributed by atoms with van der Waals surface area (Å²) >= 11 is 0. The van der Waals surface area contributed by atoms with Crippen LogP contribution in [0.1, 0.15) is 34.0 Å². The Balaban J connectivity index is 1.62. The fraction of sp³-hybridized carbons (Fsp3) is 0.148. The minimum absolute atomic E-state index is 0.379. The van der Waals surface area contributed by atoms with Crippen LogP contribution in [0.15, 0.2) is 60.7 Å². The molecule has 0 aliphatic carbocycles. The highest BCUT2D eigenvalue weighted by molar-refractivity contribution is 6.02. The van der Waals surface area contributed by atoms with Crippen molar-refractivity contribution in [3.05, 3.63) is 82.9 Å². The number of esters is 1. The van der Waals surface area contributed by atoms with E-state index in [1.165, 1.54) is 7.11 Å². The molecule has 1 aliphatic rings. The van der Waals surface area contributed by atoms with Gasteiger partial charge in [-0.25, -0.2) is 4.79 Å². The fourth-order valence-corrected chi connectivity index (χ4v) is 4.12. The zero-order valence-electron chi connectivity index (χ0n) is 18.7. The van der Waals surface area contributed by atoms with Gasteiger partial charge in [-0.15, -0.1) is 0 Å². The molecule has 0 atom stereocenters. The van der Waals surface area contributed by atoms with Crippen molar-refractivity contribution in [3.8, 4) is 23.6 Å². The first-order chi connectivity index (χ1) is 16.6. The van der Waals surface area contributed by atoms with Crippen LogP contribution in [0.5, 0.6) is 17.5 Å². The number of hydrogen-bond acceptors (Lipinski definition) is 6. The highest BCUT2D eigenvalue weighted by Crippen LogP contribution is 2.38. The Labute approximate surface area is 196 Å². The van der Waals surface area contributed by atoms with Crippen molar-refractivity contribution in [2.24, 2.45) is 0 Å². The summed E-state index contributed by atoms with van der Waals surface area (Å²) in [6.07, 6.45) is 1.83. The number of rotatable bonds is 5. The average molecular weight is 451 g/mol. The van der Waals surface area contributed by atoms with Gasteiger partial charge in [0.25, 0.3) is 6.01 Å². The lowest BCUT2D eigenvalue weighted by Gasteiger charge is -2.14. The molecule has 0 spiro atoms. The van der Waals surface area contributed by atoms with Crippen molar-refractivity contribution in [2.45, 2.75) is 13.5 Å². The van der Waals surface area contributed by atoms with Gasteiger partial charge in [-0.1, -0.05) is 30.3 Å². The number of methoxy groups -OCH3 is 1. The van der Waals surface area contributed by atoms with Gasteiger partial charge in [-0.2, -0.15) is 10.2 Å². The van der Waals surface area contributed by atoms with Crippen molar-refractivity contribution in [1.82, 2.24) is 9.55 Å². The number of imidazole rings is 1. The average Bonchev–Trinajstić information content (AvgIpc) is 3.11. The maximum absolute atomic E-state index is 12.5. The van der Waals surface area contributed by atoms with Crippen LogP contribution in [0.4, 0.5) is 0 Å². The van der Waals surface area contributed by atoms with E-state index < -0.39 is 5.97 Å². The van der Waals surface area contributed by atoms with Gasteiger partial charge in [-0.3, -0.25) is 4.57 Å². The lowest BCUT2D eigenvalue weighted by molar-refractivity contribution is 0.0602. The Morgan fingerprint density at radius 2 is 1.97 bits per heavy atom. The first kappa shape index (κ1) is 21.3. The molecule has 2 heterocycles. The second kappa shape index (κ2) is 8.75. The standard InChI is InChI=1S/C27H21N3O4/c1-3-33-27-29-22-9-6-8-21(26(31)32-2)25(22)30(27)16-17-11-12-20-19(15-28)14-18-7-4-5-10-23(18)34-24(20)13-17/h4-14H,3,16H2,1-2H3. The van der Waals surface area contributed by atoms with E-state index in [-0.39, 0.29) is 0 Å². The maximum Gasteiger partial charge on any atom is 0.340 e. The number of para-hydroxylation sites is 2. The Kier molecular flexibility index (Phi) is 5.48. The van der Waals surface area contributed by atoms with Crippen molar-refractivity contribution in [1.29, 1.82) is 5.26 Å². The number of carbonyl (C=O) groups excluding carboxylic acids is 1. The molecular formula is C27H21N3O4. The molecule has 0 saturated carbocycles. The van der Waals surface area contributed by atoms with Gasteiger partial charge in [0.2, 0.25) is 0 Å². The summed E-state index contributed by atoms with van der Waals surface area (Å²) in [5.74, 6) is 0.827. The zero-order valence-corrected chi connectivity index (χ0v) is 18.7. The molecule has 5 rings (SSSR count). The number of aromatic nitrogens is 2. The molecule has 0 fully saturated rings. The van der Waals surface area contributed by atoms with Crippen molar-refractivity contribution >= 4 is 28.7 Å². The number of hydrogen-bond donors (Lipinski definition) is 0. The minimum atomic E-state index is -0.444. The van der Waals surface area contributed by atoms with E-state index in [4.69, 9.17) is 14.2 Å². The van der Waals surface area contributed by atoms with Crippen LogP contribution in [0.25, 0.3) is 22.7 Å². The molecule has 0 unspecified atom stereocenters. The summed E-state index contributed by atoms with van der Waals surface area (Å²) in [5.41, 5.74) is 4.68. The van der Waals surface area contributed by atoms with E-state index >= 15 is 0 Å². The fourth-order valence-electron chi connectivity index (χ4n) is 4.12. The molecule has 0 radical (unpaired) electrons. The van der Waals surface area contributed by atoms with Gasteiger partial charge in [-0.05, 0) is 48.9 Å². The first-order valence-corrected chi connectivity index (χ1v) is 10.8. The molecule has 0 N–H and O–H groups in total. The van der Waals surface area contributed by atoms with Crippen LogP contribution in [0, 0.1) is 11.3 Å². The second-order valence-corrected chi connectivity index (χ2v) is 7.72. The molecule has 34 heavy (non-hydrogen) atoms. The number of carbonyl (C=O) groups is 1. The van der Waals surface area contributed by atoms with Crippen LogP contribution >= 0.6 is 0 Å². The van der Waals surface area contributed by atoms with E-state index in [9.17, 15) is 10.1 Å². The lowest BCUT2D eigenvalue weighted by Crippen LogP contribution is -2.09. The largest absolute Gasteiger partial charge is 0.465 e. The second-order valence-electron chi connectivity index (χ2n) is 7.72. The van der Waals surface area contributed by atoms with Crippen LogP contribution < -0.4 is 9.47 Å². The molecule has 168 valence electrons. The summed E-state index contributed by atoms with van der Waals surface area (Å²) in [5, 5.41) is 9.74. The maximum atomic E-state index is 12.5. The van der Waals surface area contributed by atoms with Gasteiger partial charge in [0, 0.05) is 11.1 Å². The van der Waals surface area contributed by atoms with Gasteiger partial charge >= 0.3 is 5.97 Å². The Morgan fingerprint density at radius 1 is 1.12 bits per heavy atom. The highest BCUT2D eigenvalue weighted by Gasteiger charge is 2.21. The number of benzene rings is 3. The number of allylic oxidation sites excluding steroid dienone is 1. The molecular weight excluding hydrogens is 430 g/mol. The van der Waals surface area contributed by atoms with Crippen LogP contribution in [-0.2, 0) is 11.3 Å². The van der Waals surface area contributed by atoms with Crippen LogP contribution in [0.3, 0.4) is 0 Å². The van der Waals surface area contributed by atoms with E-state index in [2.05, 4.69) is 11.1 Å². The number of ether oxygens (including phenoxy) is 3. The number of fused-ring (bicyclic) bond motifs is 3. The normalized spacial score (nSPS) is 12.0. The third kappa shape index (κ3) is 3.65. The minimum Gasteiger partial charge on any atom is -0.465 e. The molecule has 0 bridgehead atoms. The summed E-state index contributed by atoms with van der Waals surface area (Å²) in [6.45, 7) is 2.69. The van der Waals surface area contributed by atoms with E-state index in [0.717, 1.165) is 16.7 Å². The van der Waals surface area contributed by atoms with Crippen molar-refractivity contribution < 1.29 is 19.0 Å². The van der Waals surface area contributed by atoms with Gasteiger partial charge in [0.1, 0.15) is 11.5 Å². The molecule has 0 amide bonds. The molecule has 4 aromatic rings. The number of nitrogens with zero attached hydrogens (tertiary/aromatic N) is 3. The Bertz CT molecular complexity index is 1490. The lowest BCUT2D eigenvalue weighted by atomic mass is 10.0. The van der Waals surface area contributed by atoms with Crippen LogP contribution in [0.2, 0.25) is 0 Å². The predicted octanol–water partition coefficient (Wildman–Crippen LogP) is 5.44. The monoisotopic (exact) mass is 451 g/mol. The van der Waals surface area contributed by atoms with Gasteiger partial charge in [0.05, 0.1) is 48.5 Å². The van der Waals surface area contributed by atoms with E-state index in [1.807, 2.05) is 66.1 Å². The summed E-state index contributed by atoms with van der Waals surface area (Å²) < 4.78 is 18.8. The molecule has 0 saturated heterocycles. The zero-order chi connectivity index (χ0) is 23.7. The number of nitriles is 1. The van der Waals surface area contributed by atoms with E-state index in [0.29, 0.717) is 52.8 Å². The third-order valence-electron chi connectivity index (χ3n) is 5.65. The quantitative estimate of drug-likeness (QED) is 0.376. The van der Waals surface area contributed by atoms with Gasteiger partial charge < -0.3 is 14.2 Å². The Hall–Kier alpha value is -4.57. The summed E-state index contributed by atoms with van der Waals surface area (Å²) in [6, 6.07) is 21.3. The Morgan fingerprint density at radius 3 is 2.76 bits per heavy atom. The summed E-state index contributed by atoms with van der Waals surface area (Å²) in [4.78, 5) is 17.0. The molecule has 3 aromatic carbocycles. The smallest absolute Gasteiger partial charge is 0.340 e.